The Morgan fingerprint density at radius 1 is 1.29 bits per heavy atom. The summed E-state index contributed by atoms with van der Waals surface area (Å²) in [6.07, 6.45) is 5.26. The molecule has 1 amide bonds. The summed E-state index contributed by atoms with van der Waals surface area (Å²) in [5, 5.41) is 12.7. The van der Waals surface area contributed by atoms with Gasteiger partial charge in [0.05, 0.1) is 24.5 Å². The third-order valence-corrected chi connectivity index (χ3v) is 6.02. The van der Waals surface area contributed by atoms with Crippen molar-refractivity contribution in [2.75, 3.05) is 12.4 Å². The molecular formula is C17H19NO5S. The van der Waals surface area contributed by atoms with Crippen molar-refractivity contribution >= 4 is 34.2 Å². The highest BCUT2D eigenvalue weighted by Crippen LogP contribution is 2.48. The molecule has 0 saturated heterocycles. The normalized spacial score (nSPS) is 27.2. The summed E-state index contributed by atoms with van der Waals surface area (Å²) < 4.78 is 4.76. The molecule has 3 rings (SSSR count). The number of hydrogen-bond acceptors (Lipinski definition) is 5. The number of rotatable bonds is 5. The maximum Gasteiger partial charge on any atom is 0.340 e. The smallest absolute Gasteiger partial charge is 0.340 e. The molecule has 1 saturated carbocycles. The third-order valence-electron chi connectivity index (χ3n) is 4.82. The summed E-state index contributed by atoms with van der Waals surface area (Å²) in [5.74, 6) is -3.23. The first-order valence-electron chi connectivity index (χ1n) is 7.89. The number of amides is 1. The van der Waals surface area contributed by atoms with Crippen LogP contribution in [0.1, 0.15) is 28.6 Å². The number of thiophene rings is 1. The van der Waals surface area contributed by atoms with Gasteiger partial charge >= 0.3 is 11.9 Å². The summed E-state index contributed by atoms with van der Waals surface area (Å²) >= 11 is 1.32. The lowest BCUT2D eigenvalue weighted by Gasteiger charge is -2.23. The van der Waals surface area contributed by atoms with Crippen LogP contribution in [0.2, 0.25) is 0 Å². The Morgan fingerprint density at radius 2 is 1.96 bits per heavy atom. The van der Waals surface area contributed by atoms with Crippen LogP contribution >= 0.6 is 11.3 Å². The van der Waals surface area contributed by atoms with E-state index in [0.29, 0.717) is 17.0 Å². The van der Waals surface area contributed by atoms with Gasteiger partial charge in [-0.15, -0.1) is 11.3 Å². The Morgan fingerprint density at radius 3 is 2.54 bits per heavy atom. The highest BCUT2D eigenvalue weighted by molar-refractivity contribution is 7.16. The number of ether oxygens (including phenoxy) is 1. The van der Waals surface area contributed by atoms with E-state index in [2.05, 4.69) is 5.32 Å². The molecule has 1 fully saturated rings. The quantitative estimate of drug-likeness (QED) is 0.629. The van der Waals surface area contributed by atoms with Gasteiger partial charge in [0.25, 0.3) is 0 Å². The van der Waals surface area contributed by atoms with Crippen molar-refractivity contribution in [1.29, 1.82) is 0 Å². The number of aliphatic carboxylic acids is 1. The molecule has 128 valence electrons. The number of carbonyl (C=O) groups is 3. The predicted molar refractivity (Wildman–Crippen MR) is 89.0 cm³/mol. The zero-order valence-electron chi connectivity index (χ0n) is 13.4. The van der Waals surface area contributed by atoms with Gasteiger partial charge < -0.3 is 15.2 Å². The average Bonchev–Trinajstić information content (AvgIpc) is 3.27. The minimum absolute atomic E-state index is 0.0525. The highest BCUT2D eigenvalue weighted by Gasteiger charge is 2.51. The maximum atomic E-state index is 12.7. The van der Waals surface area contributed by atoms with Crippen LogP contribution in [0.15, 0.2) is 18.2 Å². The molecule has 4 atom stereocenters. The van der Waals surface area contributed by atoms with Crippen LogP contribution in [0, 0.1) is 23.7 Å². The van der Waals surface area contributed by atoms with E-state index < -0.39 is 23.8 Å². The van der Waals surface area contributed by atoms with Gasteiger partial charge in [0.1, 0.15) is 5.00 Å². The van der Waals surface area contributed by atoms with Gasteiger partial charge in [-0.05, 0) is 30.7 Å². The molecule has 0 spiro atoms. The number of nitrogens with one attached hydrogen (secondary N) is 1. The van der Waals surface area contributed by atoms with Crippen LogP contribution in [0.3, 0.4) is 0 Å². The average molecular weight is 349 g/mol. The van der Waals surface area contributed by atoms with Crippen molar-refractivity contribution in [2.24, 2.45) is 23.7 Å². The third kappa shape index (κ3) is 2.73. The fourth-order valence-electron chi connectivity index (χ4n) is 3.68. The van der Waals surface area contributed by atoms with Crippen molar-refractivity contribution in [2.45, 2.75) is 19.8 Å². The van der Waals surface area contributed by atoms with Crippen LogP contribution < -0.4 is 5.32 Å². The number of esters is 1. The van der Waals surface area contributed by atoms with E-state index in [0.717, 1.165) is 11.3 Å². The SMILES string of the molecule is CCc1cc(C(=O)OC)c(NC(=O)[C@@H]2[C@H](C(=O)O)[C@H]3C=C[C@H]2C3)s1. The van der Waals surface area contributed by atoms with Crippen LogP contribution in [0.25, 0.3) is 0 Å². The summed E-state index contributed by atoms with van der Waals surface area (Å²) in [7, 11) is 1.29. The molecule has 1 aromatic heterocycles. The second-order valence-corrected chi connectivity index (χ2v) is 7.26. The van der Waals surface area contributed by atoms with Crippen molar-refractivity contribution in [3.05, 3.63) is 28.7 Å². The van der Waals surface area contributed by atoms with Crippen molar-refractivity contribution in [3.63, 3.8) is 0 Å². The van der Waals surface area contributed by atoms with Crippen LogP contribution in [0.4, 0.5) is 5.00 Å². The number of carboxylic acids is 1. The molecule has 1 heterocycles. The fourth-order valence-corrected chi connectivity index (χ4v) is 4.67. The Kier molecular flexibility index (Phi) is 4.45. The predicted octanol–water partition coefficient (Wildman–Crippen LogP) is 2.56. The number of hydrogen-bond donors (Lipinski definition) is 2. The minimum atomic E-state index is -0.944. The monoisotopic (exact) mass is 349 g/mol. The van der Waals surface area contributed by atoms with E-state index in [1.54, 1.807) is 6.07 Å². The van der Waals surface area contributed by atoms with Gasteiger partial charge in [0.15, 0.2) is 0 Å². The van der Waals surface area contributed by atoms with Gasteiger partial charge in [0, 0.05) is 4.88 Å². The molecule has 1 aromatic rings. The van der Waals surface area contributed by atoms with Crippen molar-refractivity contribution < 1.29 is 24.2 Å². The Balaban J connectivity index is 1.85. The van der Waals surface area contributed by atoms with E-state index in [4.69, 9.17) is 4.74 Å². The second kappa shape index (κ2) is 6.39. The van der Waals surface area contributed by atoms with Crippen LogP contribution in [0.5, 0.6) is 0 Å². The van der Waals surface area contributed by atoms with E-state index in [-0.39, 0.29) is 17.7 Å². The van der Waals surface area contributed by atoms with Gasteiger partial charge in [-0.25, -0.2) is 4.79 Å². The summed E-state index contributed by atoms with van der Waals surface area (Å²) in [6, 6.07) is 1.71. The molecule has 7 heteroatoms. The molecule has 0 unspecified atom stereocenters. The summed E-state index contributed by atoms with van der Waals surface area (Å²) in [4.78, 5) is 37.1. The number of carboxylic acid groups (broad SMARTS) is 1. The molecule has 2 bridgehead atoms. The number of fused-ring (bicyclic) bond motifs is 2. The number of carbonyl (C=O) groups excluding carboxylic acids is 2. The molecule has 0 radical (unpaired) electrons. The van der Waals surface area contributed by atoms with Gasteiger partial charge in [-0.2, -0.15) is 0 Å². The van der Waals surface area contributed by atoms with E-state index in [1.807, 2.05) is 19.1 Å². The molecule has 0 aromatic carbocycles. The fraction of sp³-hybridized carbons (Fsp3) is 0.471. The molecule has 6 nitrogen and oxygen atoms in total. The molecule has 2 aliphatic carbocycles. The van der Waals surface area contributed by atoms with Crippen molar-refractivity contribution in [3.8, 4) is 0 Å². The van der Waals surface area contributed by atoms with Crippen LogP contribution in [-0.4, -0.2) is 30.1 Å². The number of allylic oxidation sites excluding steroid dienone is 2. The molecule has 2 N–H and O–H groups in total. The largest absolute Gasteiger partial charge is 0.481 e. The minimum Gasteiger partial charge on any atom is -0.481 e. The number of aryl methyl sites for hydroxylation is 1. The summed E-state index contributed by atoms with van der Waals surface area (Å²) in [5.41, 5.74) is 0.318. The van der Waals surface area contributed by atoms with E-state index in [9.17, 15) is 19.5 Å². The highest BCUT2D eigenvalue weighted by atomic mass is 32.1. The lowest BCUT2D eigenvalue weighted by molar-refractivity contribution is -0.146. The second-order valence-electron chi connectivity index (χ2n) is 6.13. The topological polar surface area (TPSA) is 92.7 Å². The summed E-state index contributed by atoms with van der Waals surface area (Å²) in [6.45, 7) is 1.96. The Hall–Kier alpha value is -2.15. The molecule has 24 heavy (non-hydrogen) atoms. The van der Waals surface area contributed by atoms with E-state index >= 15 is 0 Å². The van der Waals surface area contributed by atoms with E-state index in [1.165, 1.54) is 18.4 Å². The Bertz CT molecular complexity index is 723. The Labute approximate surface area is 143 Å². The lowest BCUT2D eigenvalue weighted by atomic mass is 9.82. The first-order valence-corrected chi connectivity index (χ1v) is 8.70. The number of anilines is 1. The first-order chi connectivity index (χ1) is 11.5. The maximum absolute atomic E-state index is 12.7. The van der Waals surface area contributed by atoms with Crippen molar-refractivity contribution in [1.82, 2.24) is 0 Å². The zero-order chi connectivity index (χ0) is 17.4. The zero-order valence-corrected chi connectivity index (χ0v) is 14.3. The lowest BCUT2D eigenvalue weighted by Crippen LogP contribution is -2.36. The van der Waals surface area contributed by atoms with Gasteiger partial charge in [0.2, 0.25) is 5.91 Å². The molecule has 0 aliphatic heterocycles. The molecular weight excluding hydrogens is 330 g/mol. The number of methoxy groups -OCH3 is 1. The molecule has 2 aliphatic rings. The van der Waals surface area contributed by atoms with Gasteiger partial charge in [-0.1, -0.05) is 19.1 Å². The standard InChI is InChI=1S/C17H19NO5S/c1-3-10-7-11(17(22)23-2)15(24-10)18-14(19)12-8-4-5-9(6-8)13(12)16(20)21/h4-5,7-9,12-13H,3,6H2,1-2H3,(H,18,19)(H,20,21)/t8-,9-,12-,13+/m0/s1. The first kappa shape index (κ1) is 16.7. The van der Waals surface area contributed by atoms with Gasteiger partial charge in [-0.3, -0.25) is 9.59 Å². The van der Waals surface area contributed by atoms with Crippen LogP contribution in [-0.2, 0) is 20.7 Å².